The van der Waals surface area contributed by atoms with Crippen LogP contribution in [0.1, 0.15) is 6.92 Å². The lowest BCUT2D eigenvalue weighted by atomic mass is 10.1. The molecule has 58 valence electrons. The highest BCUT2D eigenvalue weighted by Crippen LogP contribution is 2.17. The van der Waals surface area contributed by atoms with E-state index in [-0.39, 0.29) is 0 Å². The van der Waals surface area contributed by atoms with Crippen molar-refractivity contribution in [3.63, 3.8) is 0 Å². The van der Waals surface area contributed by atoms with Crippen molar-refractivity contribution in [1.29, 1.82) is 0 Å². The SMILES string of the molecule is C/N=C1/C=CC=C/C1=C(\C)I. The number of hydrogen-bond acceptors (Lipinski definition) is 1. The molecule has 2 heteroatoms. The third-order valence-electron chi connectivity index (χ3n) is 1.52. The monoisotopic (exact) mass is 259 g/mol. The topological polar surface area (TPSA) is 12.4 Å². The zero-order valence-corrected chi connectivity index (χ0v) is 8.79. The maximum Gasteiger partial charge on any atom is 0.0650 e. The number of allylic oxidation sites excluding steroid dienone is 6. The molecule has 1 nitrogen and oxygen atoms in total. The highest BCUT2D eigenvalue weighted by molar-refractivity contribution is 14.1. The van der Waals surface area contributed by atoms with E-state index < -0.39 is 0 Å². The van der Waals surface area contributed by atoms with E-state index in [1.165, 1.54) is 9.15 Å². The summed E-state index contributed by atoms with van der Waals surface area (Å²) in [6, 6.07) is 0. The van der Waals surface area contributed by atoms with E-state index in [0.29, 0.717) is 0 Å². The van der Waals surface area contributed by atoms with Gasteiger partial charge in [0.15, 0.2) is 0 Å². The van der Waals surface area contributed by atoms with Gasteiger partial charge in [-0.15, -0.1) is 0 Å². The molecule has 0 atom stereocenters. The second kappa shape index (κ2) is 3.85. The summed E-state index contributed by atoms with van der Waals surface area (Å²) in [5.74, 6) is 0. The molecule has 0 N–H and O–H groups in total. The molecule has 11 heavy (non-hydrogen) atoms. The van der Waals surface area contributed by atoms with Crippen LogP contribution in [0.2, 0.25) is 0 Å². The lowest BCUT2D eigenvalue weighted by Gasteiger charge is -2.06. The Bertz CT molecular complexity index is 265. The van der Waals surface area contributed by atoms with Crippen molar-refractivity contribution < 1.29 is 0 Å². The molecule has 0 saturated carbocycles. The summed E-state index contributed by atoms with van der Waals surface area (Å²) in [6.45, 7) is 2.09. The largest absolute Gasteiger partial charge is 0.288 e. The molecule has 0 fully saturated rings. The maximum absolute atomic E-state index is 4.17. The van der Waals surface area contributed by atoms with Crippen LogP contribution in [-0.4, -0.2) is 12.8 Å². The van der Waals surface area contributed by atoms with Crippen molar-refractivity contribution >= 4 is 28.3 Å². The van der Waals surface area contributed by atoms with Crippen molar-refractivity contribution in [2.75, 3.05) is 7.05 Å². The first-order valence-electron chi connectivity index (χ1n) is 3.44. The van der Waals surface area contributed by atoms with Gasteiger partial charge in [-0.25, -0.2) is 0 Å². The summed E-state index contributed by atoms with van der Waals surface area (Å²) in [6.07, 6.45) is 8.15. The quantitative estimate of drug-likeness (QED) is 0.593. The summed E-state index contributed by atoms with van der Waals surface area (Å²) in [4.78, 5) is 4.17. The third-order valence-corrected chi connectivity index (χ3v) is 2.10. The predicted octanol–water partition coefficient (Wildman–Crippen LogP) is 2.89. The molecule has 0 bridgehead atoms. The highest BCUT2D eigenvalue weighted by atomic mass is 127. The molecule has 1 rings (SSSR count). The van der Waals surface area contributed by atoms with E-state index in [1.54, 1.807) is 0 Å². The molecule has 0 aliphatic heterocycles. The highest BCUT2D eigenvalue weighted by Gasteiger charge is 2.04. The summed E-state index contributed by atoms with van der Waals surface area (Å²) in [5.41, 5.74) is 2.30. The van der Waals surface area contributed by atoms with E-state index >= 15 is 0 Å². The van der Waals surface area contributed by atoms with Crippen LogP contribution in [0.5, 0.6) is 0 Å². The molecule has 0 spiro atoms. The number of aliphatic imine (C=N–C) groups is 1. The van der Waals surface area contributed by atoms with Gasteiger partial charge in [0.1, 0.15) is 0 Å². The van der Waals surface area contributed by atoms with Gasteiger partial charge in [0.05, 0.1) is 5.71 Å². The second-order valence-electron chi connectivity index (χ2n) is 2.27. The standard InChI is InChI=1S/C9H10IN/c1-7(10)8-5-3-4-6-9(8)11-2/h3-6H,1-2H3/b8-7-,11-9-. The lowest BCUT2D eigenvalue weighted by Crippen LogP contribution is -2.00. The van der Waals surface area contributed by atoms with Gasteiger partial charge in [-0.3, -0.25) is 4.99 Å². The van der Waals surface area contributed by atoms with Gasteiger partial charge in [-0.05, 0) is 39.2 Å². The Morgan fingerprint density at radius 3 is 2.45 bits per heavy atom. The van der Waals surface area contributed by atoms with E-state index in [0.717, 1.165) is 5.71 Å². The fourth-order valence-corrected chi connectivity index (χ4v) is 1.42. The van der Waals surface area contributed by atoms with E-state index in [9.17, 15) is 0 Å². The van der Waals surface area contributed by atoms with Gasteiger partial charge in [-0.2, -0.15) is 0 Å². The minimum atomic E-state index is 1.07. The zero-order valence-electron chi connectivity index (χ0n) is 6.63. The molecule has 1 aliphatic carbocycles. The van der Waals surface area contributed by atoms with Crippen LogP contribution in [0.3, 0.4) is 0 Å². The molecule has 0 radical (unpaired) electrons. The third kappa shape index (κ3) is 2.02. The van der Waals surface area contributed by atoms with Crippen LogP contribution < -0.4 is 0 Å². The van der Waals surface area contributed by atoms with Gasteiger partial charge in [0.25, 0.3) is 0 Å². The van der Waals surface area contributed by atoms with Crippen LogP contribution in [-0.2, 0) is 0 Å². The average Bonchev–Trinajstić information content (AvgIpc) is 2.04. The van der Waals surface area contributed by atoms with Gasteiger partial charge in [0, 0.05) is 12.6 Å². The van der Waals surface area contributed by atoms with Crippen molar-refractivity contribution in [2.24, 2.45) is 4.99 Å². The van der Waals surface area contributed by atoms with E-state index in [4.69, 9.17) is 0 Å². The van der Waals surface area contributed by atoms with E-state index in [1.807, 2.05) is 25.3 Å². The normalized spacial score (nSPS) is 24.5. The molecule has 0 heterocycles. The second-order valence-corrected chi connectivity index (χ2v) is 3.89. The van der Waals surface area contributed by atoms with Crippen LogP contribution in [0.4, 0.5) is 0 Å². The Morgan fingerprint density at radius 2 is 2.00 bits per heavy atom. The van der Waals surface area contributed by atoms with Gasteiger partial charge in [0.2, 0.25) is 0 Å². The number of hydrogen-bond donors (Lipinski definition) is 0. The number of halogens is 1. The molecule has 0 saturated heterocycles. The van der Waals surface area contributed by atoms with Gasteiger partial charge in [-0.1, -0.05) is 18.2 Å². The molecule has 0 aromatic rings. The van der Waals surface area contributed by atoms with Crippen molar-refractivity contribution in [3.8, 4) is 0 Å². The Labute approximate surface area is 80.7 Å². The lowest BCUT2D eigenvalue weighted by molar-refractivity contribution is 1.42. The van der Waals surface area contributed by atoms with Crippen molar-refractivity contribution in [3.05, 3.63) is 33.5 Å². The Balaban J connectivity index is 3.08. The number of rotatable bonds is 0. The smallest absolute Gasteiger partial charge is 0.0650 e. The molecule has 0 aromatic carbocycles. The predicted molar refractivity (Wildman–Crippen MR) is 58.4 cm³/mol. The first-order valence-corrected chi connectivity index (χ1v) is 4.52. The first kappa shape index (κ1) is 8.71. The maximum atomic E-state index is 4.17. The Kier molecular flexibility index (Phi) is 3.05. The fourth-order valence-electron chi connectivity index (χ4n) is 0.960. The minimum Gasteiger partial charge on any atom is -0.288 e. The summed E-state index contributed by atoms with van der Waals surface area (Å²) in [7, 11) is 1.82. The number of nitrogens with zero attached hydrogens (tertiary/aromatic N) is 1. The molecule has 0 unspecified atom stereocenters. The van der Waals surface area contributed by atoms with Crippen LogP contribution in [0, 0.1) is 0 Å². The Morgan fingerprint density at radius 1 is 1.36 bits per heavy atom. The van der Waals surface area contributed by atoms with Gasteiger partial charge >= 0.3 is 0 Å². The molecular formula is C9H10IN. The summed E-state index contributed by atoms with van der Waals surface area (Å²) < 4.78 is 1.28. The zero-order chi connectivity index (χ0) is 8.27. The van der Waals surface area contributed by atoms with E-state index in [2.05, 4.69) is 40.6 Å². The molecule has 1 aliphatic rings. The molecule has 0 amide bonds. The van der Waals surface area contributed by atoms with Crippen LogP contribution in [0.25, 0.3) is 0 Å². The summed E-state index contributed by atoms with van der Waals surface area (Å²) in [5, 5.41) is 0. The van der Waals surface area contributed by atoms with Crippen molar-refractivity contribution in [2.45, 2.75) is 6.92 Å². The van der Waals surface area contributed by atoms with Crippen LogP contribution in [0.15, 0.2) is 38.4 Å². The first-order chi connectivity index (χ1) is 5.25. The average molecular weight is 259 g/mol. The minimum absolute atomic E-state index is 1.07. The van der Waals surface area contributed by atoms with Crippen molar-refractivity contribution in [1.82, 2.24) is 0 Å². The fraction of sp³-hybridized carbons (Fsp3) is 0.222. The Hall–Kier alpha value is -0.380. The van der Waals surface area contributed by atoms with Gasteiger partial charge < -0.3 is 0 Å². The molecule has 0 aromatic heterocycles. The van der Waals surface area contributed by atoms with Crippen LogP contribution >= 0.6 is 22.6 Å². The molecular weight excluding hydrogens is 249 g/mol. The summed E-state index contributed by atoms with van der Waals surface area (Å²) >= 11 is 2.31.